The molecule has 0 amide bonds. The van der Waals surface area contributed by atoms with Gasteiger partial charge in [0.15, 0.2) is 5.78 Å². The molecule has 1 N–H and O–H groups in total. The van der Waals surface area contributed by atoms with Crippen molar-refractivity contribution in [1.29, 1.82) is 0 Å². The van der Waals surface area contributed by atoms with Crippen molar-refractivity contribution < 1.29 is 29.0 Å². The van der Waals surface area contributed by atoms with Crippen molar-refractivity contribution in [3.8, 4) is 11.5 Å². The monoisotopic (exact) mass is 250 g/mol. The predicted octanol–water partition coefficient (Wildman–Crippen LogP) is 0.540. The molecule has 0 saturated carbocycles. The van der Waals surface area contributed by atoms with Crippen LogP contribution >= 0.6 is 0 Å². The number of benzene rings is 1. The molecule has 0 spiro atoms. The Labute approximate surface area is 102 Å². The zero-order valence-electron chi connectivity index (χ0n) is 9.50. The molecule has 0 aliphatic carbocycles. The third-order valence-electron chi connectivity index (χ3n) is 2.70. The van der Waals surface area contributed by atoms with Gasteiger partial charge >= 0.3 is 5.97 Å². The maximum atomic E-state index is 12.0. The van der Waals surface area contributed by atoms with Crippen LogP contribution in [0.1, 0.15) is 10.4 Å². The van der Waals surface area contributed by atoms with E-state index in [2.05, 4.69) is 0 Å². The molecule has 0 bridgehead atoms. The largest absolute Gasteiger partial charge is 0.497 e. The maximum absolute atomic E-state index is 12.0. The highest BCUT2D eigenvalue weighted by atomic mass is 16.5. The van der Waals surface area contributed by atoms with Gasteiger partial charge < -0.3 is 14.6 Å². The van der Waals surface area contributed by atoms with Crippen molar-refractivity contribution in [3.63, 3.8) is 0 Å². The molecule has 1 aliphatic rings. The Morgan fingerprint density at radius 2 is 2.17 bits per heavy atom. The summed E-state index contributed by atoms with van der Waals surface area (Å²) in [5.74, 6) is -3.87. The highest BCUT2D eigenvalue weighted by Gasteiger charge is 2.37. The number of methoxy groups -OCH3 is 1. The highest BCUT2D eigenvalue weighted by molar-refractivity contribution is 6.39. The zero-order valence-corrected chi connectivity index (χ0v) is 9.50. The van der Waals surface area contributed by atoms with E-state index < -0.39 is 23.5 Å². The van der Waals surface area contributed by atoms with Crippen LogP contribution in [0.4, 0.5) is 0 Å². The standard InChI is InChI=1S/C12H10O6/c1-17-6-2-3-9-7(4-6)10(13)8(5-18-9)11(14)12(15)16/h2-4,8H,5H2,1H3,(H,15,16). The lowest BCUT2D eigenvalue weighted by molar-refractivity contribution is -0.150. The van der Waals surface area contributed by atoms with E-state index in [9.17, 15) is 14.4 Å². The van der Waals surface area contributed by atoms with E-state index in [1.54, 1.807) is 12.1 Å². The van der Waals surface area contributed by atoms with Gasteiger partial charge in [0.2, 0.25) is 0 Å². The zero-order chi connectivity index (χ0) is 13.3. The van der Waals surface area contributed by atoms with E-state index in [0.29, 0.717) is 11.5 Å². The van der Waals surface area contributed by atoms with Crippen molar-refractivity contribution >= 4 is 17.5 Å². The van der Waals surface area contributed by atoms with Crippen LogP contribution in [-0.4, -0.2) is 36.4 Å². The van der Waals surface area contributed by atoms with Gasteiger partial charge in [-0.15, -0.1) is 0 Å². The maximum Gasteiger partial charge on any atom is 0.373 e. The molecule has 0 fully saturated rings. The molecule has 0 saturated heterocycles. The summed E-state index contributed by atoms with van der Waals surface area (Å²) < 4.78 is 10.2. The van der Waals surface area contributed by atoms with Gasteiger partial charge in [0.05, 0.1) is 12.7 Å². The molecule has 1 atom stereocenters. The number of carbonyl (C=O) groups excluding carboxylic acids is 2. The number of Topliss-reactive ketones (excluding diaryl/α,β-unsaturated/α-hetero) is 2. The fourth-order valence-corrected chi connectivity index (χ4v) is 1.73. The predicted molar refractivity (Wildman–Crippen MR) is 59.0 cm³/mol. The van der Waals surface area contributed by atoms with Crippen molar-refractivity contribution in [1.82, 2.24) is 0 Å². The van der Waals surface area contributed by atoms with Crippen molar-refractivity contribution in [2.24, 2.45) is 5.92 Å². The molecular formula is C12H10O6. The van der Waals surface area contributed by atoms with Crippen LogP contribution in [-0.2, 0) is 9.59 Å². The summed E-state index contributed by atoms with van der Waals surface area (Å²) in [6, 6.07) is 4.60. The SMILES string of the molecule is COc1ccc2c(c1)C(=O)C(C(=O)C(=O)O)CO2. The van der Waals surface area contributed by atoms with Crippen LogP contribution in [0.15, 0.2) is 18.2 Å². The number of hydrogen-bond donors (Lipinski definition) is 1. The summed E-state index contributed by atoms with van der Waals surface area (Å²) in [6.07, 6.45) is 0. The number of fused-ring (bicyclic) bond motifs is 1. The summed E-state index contributed by atoms with van der Waals surface area (Å²) >= 11 is 0. The second kappa shape index (κ2) is 4.48. The van der Waals surface area contributed by atoms with Crippen molar-refractivity contribution in [3.05, 3.63) is 23.8 Å². The first kappa shape index (κ1) is 12.1. The van der Waals surface area contributed by atoms with Gasteiger partial charge in [-0.3, -0.25) is 9.59 Å². The molecule has 1 aliphatic heterocycles. The van der Waals surface area contributed by atoms with Gasteiger partial charge in [0.25, 0.3) is 5.78 Å². The Morgan fingerprint density at radius 1 is 1.44 bits per heavy atom. The molecular weight excluding hydrogens is 240 g/mol. The fraction of sp³-hybridized carbons (Fsp3) is 0.250. The number of carboxylic acids is 1. The van der Waals surface area contributed by atoms with Gasteiger partial charge in [-0.05, 0) is 18.2 Å². The average Bonchev–Trinajstić information content (AvgIpc) is 2.38. The quantitative estimate of drug-likeness (QED) is 0.622. The first-order valence-electron chi connectivity index (χ1n) is 5.16. The lowest BCUT2D eigenvalue weighted by Crippen LogP contribution is -2.37. The first-order valence-corrected chi connectivity index (χ1v) is 5.16. The minimum atomic E-state index is -1.64. The summed E-state index contributed by atoms with van der Waals surface area (Å²) in [5.41, 5.74) is 0.167. The number of ketones is 2. The third kappa shape index (κ3) is 1.92. The molecule has 1 aromatic rings. The molecule has 0 radical (unpaired) electrons. The van der Waals surface area contributed by atoms with E-state index in [-0.39, 0.29) is 12.2 Å². The number of hydrogen-bond acceptors (Lipinski definition) is 5. The van der Waals surface area contributed by atoms with Gasteiger partial charge in [-0.25, -0.2) is 4.79 Å². The third-order valence-corrected chi connectivity index (χ3v) is 2.70. The molecule has 2 rings (SSSR count). The van der Waals surface area contributed by atoms with Crippen LogP contribution in [0.25, 0.3) is 0 Å². The molecule has 18 heavy (non-hydrogen) atoms. The molecule has 0 aromatic heterocycles. The smallest absolute Gasteiger partial charge is 0.373 e. The van der Waals surface area contributed by atoms with Gasteiger partial charge in [0.1, 0.15) is 24.0 Å². The normalized spacial score (nSPS) is 17.6. The molecule has 1 heterocycles. The van der Waals surface area contributed by atoms with Crippen molar-refractivity contribution in [2.75, 3.05) is 13.7 Å². The number of carbonyl (C=O) groups is 3. The molecule has 1 aromatic carbocycles. The van der Waals surface area contributed by atoms with Crippen LogP contribution in [0, 0.1) is 5.92 Å². The van der Waals surface area contributed by atoms with E-state index in [1.807, 2.05) is 0 Å². The van der Waals surface area contributed by atoms with E-state index in [4.69, 9.17) is 14.6 Å². The Kier molecular flexibility index (Phi) is 3.01. The number of rotatable bonds is 3. The minimum absolute atomic E-state index is 0.167. The molecule has 1 unspecified atom stereocenters. The number of carboxylic acid groups (broad SMARTS) is 1. The second-order valence-corrected chi connectivity index (χ2v) is 3.76. The van der Waals surface area contributed by atoms with E-state index in [0.717, 1.165) is 0 Å². The van der Waals surface area contributed by atoms with Crippen LogP contribution < -0.4 is 9.47 Å². The summed E-state index contributed by atoms with van der Waals surface area (Å²) in [4.78, 5) is 33.9. The molecule has 6 heteroatoms. The Hall–Kier alpha value is -2.37. The van der Waals surface area contributed by atoms with E-state index in [1.165, 1.54) is 13.2 Å². The Balaban J connectivity index is 2.38. The van der Waals surface area contributed by atoms with Gasteiger partial charge in [0, 0.05) is 0 Å². The van der Waals surface area contributed by atoms with E-state index >= 15 is 0 Å². The van der Waals surface area contributed by atoms with Crippen molar-refractivity contribution in [2.45, 2.75) is 0 Å². The number of aliphatic carboxylic acids is 1. The van der Waals surface area contributed by atoms with Crippen LogP contribution in [0.3, 0.4) is 0 Å². The van der Waals surface area contributed by atoms with Crippen LogP contribution in [0.2, 0.25) is 0 Å². The average molecular weight is 250 g/mol. The number of ether oxygens (including phenoxy) is 2. The lowest BCUT2D eigenvalue weighted by Gasteiger charge is -2.22. The van der Waals surface area contributed by atoms with Gasteiger partial charge in [-0.1, -0.05) is 0 Å². The van der Waals surface area contributed by atoms with Gasteiger partial charge in [-0.2, -0.15) is 0 Å². The Morgan fingerprint density at radius 3 is 2.78 bits per heavy atom. The lowest BCUT2D eigenvalue weighted by atomic mass is 9.91. The first-order chi connectivity index (χ1) is 8.54. The molecule has 94 valence electrons. The highest BCUT2D eigenvalue weighted by Crippen LogP contribution is 2.30. The Bertz CT molecular complexity index is 533. The topological polar surface area (TPSA) is 89.9 Å². The van der Waals surface area contributed by atoms with Crippen LogP contribution in [0.5, 0.6) is 11.5 Å². The summed E-state index contributed by atoms with van der Waals surface area (Å²) in [7, 11) is 1.44. The summed E-state index contributed by atoms with van der Waals surface area (Å²) in [5, 5.41) is 8.62. The summed E-state index contributed by atoms with van der Waals surface area (Å²) in [6.45, 7) is -0.247. The second-order valence-electron chi connectivity index (χ2n) is 3.76. The molecule has 6 nitrogen and oxygen atoms in total. The minimum Gasteiger partial charge on any atom is -0.497 e. The fourth-order valence-electron chi connectivity index (χ4n) is 1.73.